The summed E-state index contributed by atoms with van der Waals surface area (Å²) in [7, 11) is 1.60. The SMILES string of the molecule is COc1cccc(NC(N)=NCc2cc(F)cc(Br)c2)c1. The molecule has 6 heteroatoms. The Bertz CT molecular complexity index is 641. The summed E-state index contributed by atoms with van der Waals surface area (Å²) in [5.74, 6) is 0.666. The van der Waals surface area contributed by atoms with Gasteiger partial charge >= 0.3 is 0 Å². The number of methoxy groups -OCH3 is 1. The molecule has 110 valence electrons. The molecule has 0 bridgehead atoms. The Kier molecular flexibility index (Phi) is 5.16. The zero-order chi connectivity index (χ0) is 15.2. The van der Waals surface area contributed by atoms with E-state index in [4.69, 9.17) is 10.5 Å². The Balaban J connectivity index is 2.03. The maximum atomic E-state index is 13.2. The van der Waals surface area contributed by atoms with Gasteiger partial charge in [-0.05, 0) is 35.9 Å². The van der Waals surface area contributed by atoms with Crippen molar-refractivity contribution >= 4 is 27.6 Å². The van der Waals surface area contributed by atoms with Crippen molar-refractivity contribution < 1.29 is 9.13 Å². The molecule has 2 rings (SSSR count). The van der Waals surface area contributed by atoms with Gasteiger partial charge in [-0.2, -0.15) is 0 Å². The molecule has 0 radical (unpaired) electrons. The van der Waals surface area contributed by atoms with Crippen molar-refractivity contribution in [2.45, 2.75) is 6.54 Å². The Morgan fingerprint density at radius 1 is 1.33 bits per heavy atom. The van der Waals surface area contributed by atoms with Crippen LogP contribution in [0.2, 0.25) is 0 Å². The van der Waals surface area contributed by atoms with E-state index in [1.165, 1.54) is 12.1 Å². The first kappa shape index (κ1) is 15.3. The highest BCUT2D eigenvalue weighted by Crippen LogP contribution is 2.17. The lowest BCUT2D eigenvalue weighted by atomic mass is 10.2. The molecule has 0 spiro atoms. The van der Waals surface area contributed by atoms with Crippen LogP contribution in [0.15, 0.2) is 51.9 Å². The summed E-state index contributed by atoms with van der Waals surface area (Å²) in [6, 6.07) is 12.0. The number of guanidine groups is 1. The topological polar surface area (TPSA) is 59.6 Å². The number of nitrogens with two attached hydrogens (primary N) is 1. The third-order valence-electron chi connectivity index (χ3n) is 2.70. The Labute approximate surface area is 131 Å². The van der Waals surface area contributed by atoms with Gasteiger partial charge in [-0.15, -0.1) is 0 Å². The van der Waals surface area contributed by atoms with Crippen molar-refractivity contribution in [2.75, 3.05) is 12.4 Å². The van der Waals surface area contributed by atoms with E-state index < -0.39 is 0 Å². The van der Waals surface area contributed by atoms with Crippen molar-refractivity contribution in [1.29, 1.82) is 0 Å². The molecular weight excluding hydrogens is 337 g/mol. The van der Waals surface area contributed by atoms with E-state index in [1.807, 2.05) is 18.2 Å². The van der Waals surface area contributed by atoms with Gasteiger partial charge in [-0.25, -0.2) is 9.38 Å². The maximum Gasteiger partial charge on any atom is 0.193 e. The summed E-state index contributed by atoms with van der Waals surface area (Å²) in [6.07, 6.45) is 0. The van der Waals surface area contributed by atoms with Crippen molar-refractivity contribution in [3.8, 4) is 5.75 Å². The molecule has 0 unspecified atom stereocenters. The normalized spacial score (nSPS) is 11.3. The van der Waals surface area contributed by atoms with Crippen molar-refractivity contribution in [2.24, 2.45) is 10.7 Å². The van der Waals surface area contributed by atoms with Gasteiger partial charge in [0.05, 0.1) is 13.7 Å². The van der Waals surface area contributed by atoms with E-state index in [-0.39, 0.29) is 11.8 Å². The number of nitrogens with zero attached hydrogens (tertiary/aromatic N) is 1. The average molecular weight is 352 g/mol. The first-order valence-corrected chi connectivity index (χ1v) is 7.02. The highest BCUT2D eigenvalue weighted by atomic mass is 79.9. The molecule has 0 amide bonds. The first-order chi connectivity index (χ1) is 10.1. The summed E-state index contributed by atoms with van der Waals surface area (Å²) >= 11 is 3.24. The van der Waals surface area contributed by atoms with Gasteiger partial charge in [-0.1, -0.05) is 22.0 Å². The minimum absolute atomic E-state index is 0.253. The van der Waals surface area contributed by atoms with Crippen LogP contribution in [0.4, 0.5) is 10.1 Å². The van der Waals surface area contributed by atoms with E-state index in [1.54, 1.807) is 19.2 Å². The molecule has 2 aromatic rings. The van der Waals surface area contributed by atoms with E-state index in [2.05, 4.69) is 26.2 Å². The van der Waals surface area contributed by atoms with Crippen molar-refractivity contribution in [1.82, 2.24) is 0 Å². The lowest BCUT2D eigenvalue weighted by molar-refractivity contribution is 0.415. The van der Waals surface area contributed by atoms with Crippen LogP contribution in [0.25, 0.3) is 0 Å². The van der Waals surface area contributed by atoms with E-state index in [9.17, 15) is 4.39 Å². The first-order valence-electron chi connectivity index (χ1n) is 6.23. The van der Waals surface area contributed by atoms with Gasteiger partial charge < -0.3 is 15.8 Å². The number of aliphatic imine (C=N–C) groups is 1. The summed E-state index contributed by atoms with van der Waals surface area (Å²) in [6.45, 7) is 0.291. The molecule has 0 atom stereocenters. The number of hydrogen-bond acceptors (Lipinski definition) is 2. The fourth-order valence-electron chi connectivity index (χ4n) is 1.77. The quantitative estimate of drug-likeness (QED) is 0.654. The smallest absolute Gasteiger partial charge is 0.193 e. The molecule has 0 saturated carbocycles. The summed E-state index contributed by atoms with van der Waals surface area (Å²) in [5.41, 5.74) is 7.32. The van der Waals surface area contributed by atoms with E-state index in [0.717, 1.165) is 17.0 Å². The van der Waals surface area contributed by atoms with Gasteiger partial charge in [0.1, 0.15) is 11.6 Å². The number of nitrogens with one attached hydrogen (secondary N) is 1. The average Bonchev–Trinajstić information content (AvgIpc) is 2.44. The lowest BCUT2D eigenvalue weighted by Crippen LogP contribution is -2.22. The number of ether oxygens (including phenoxy) is 1. The molecule has 0 aromatic heterocycles. The van der Waals surface area contributed by atoms with Gasteiger partial charge in [0.25, 0.3) is 0 Å². The van der Waals surface area contributed by atoms with Gasteiger partial charge in [0.15, 0.2) is 5.96 Å². The third-order valence-corrected chi connectivity index (χ3v) is 3.15. The highest BCUT2D eigenvalue weighted by Gasteiger charge is 2.00. The second-order valence-corrected chi connectivity index (χ2v) is 5.25. The number of halogens is 2. The van der Waals surface area contributed by atoms with Gasteiger partial charge in [0, 0.05) is 16.2 Å². The molecular formula is C15H15BrFN3O. The van der Waals surface area contributed by atoms with Crippen LogP contribution in [0.5, 0.6) is 5.75 Å². The Hall–Kier alpha value is -2.08. The predicted molar refractivity (Wildman–Crippen MR) is 86.0 cm³/mol. The summed E-state index contributed by atoms with van der Waals surface area (Å²) in [4.78, 5) is 4.18. The Morgan fingerprint density at radius 2 is 2.14 bits per heavy atom. The van der Waals surface area contributed by atoms with Gasteiger partial charge in [-0.3, -0.25) is 0 Å². The number of anilines is 1. The molecule has 0 aliphatic heterocycles. The standard InChI is InChI=1S/C15H15BrFN3O/c1-21-14-4-2-3-13(8-14)20-15(18)19-9-10-5-11(16)7-12(17)6-10/h2-8H,9H2,1H3,(H3,18,19,20). The van der Waals surface area contributed by atoms with Crippen LogP contribution in [0.1, 0.15) is 5.56 Å². The lowest BCUT2D eigenvalue weighted by Gasteiger charge is -2.07. The molecule has 3 N–H and O–H groups in total. The largest absolute Gasteiger partial charge is 0.497 e. The minimum Gasteiger partial charge on any atom is -0.497 e. The van der Waals surface area contributed by atoms with Crippen LogP contribution >= 0.6 is 15.9 Å². The van der Waals surface area contributed by atoms with Crippen LogP contribution in [-0.4, -0.2) is 13.1 Å². The highest BCUT2D eigenvalue weighted by molar-refractivity contribution is 9.10. The fraction of sp³-hybridized carbons (Fsp3) is 0.133. The number of rotatable bonds is 4. The van der Waals surface area contributed by atoms with Crippen LogP contribution < -0.4 is 15.8 Å². The second kappa shape index (κ2) is 7.08. The maximum absolute atomic E-state index is 13.2. The molecule has 0 aliphatic rings. The zero-order valence-electron chi connectivity index (χ0n) is 11.4. The zero-order valence-corrected chi connectivity index (χ0v) is 13.0. The van der Waals surface area contributed by atoms with Crippen molar-refractivity contribution in [3.05, 3.63) is 58.3 Å². The van der Waals surface area contributed by atoms with E-state index >= 15 is 0 Å². The molecule has 21 heavy (non-hydrogen) atoms. The fourth-order valence-corrected chi connectivity index (χ4v) is 2.28. The molecule has 0 fully saturated rings. The van der Waals surface area contributed by atoms with Crippen molar-refractivity contribution in [3.63, 3.8) is 0 Å². The van der Waals surface area contributed by atoms with Crippen LogP contribution in [0.3, 0.4) is 0 Å². The molecule has 4 nitrogen and oxygen atoms in total. The van der Waals surface area contributed by atoms with Gasteiger partial charge in [0.2, 0.25) is 0 Å². The van der Waals surface area contributed by atoms with Crippen LogP contribution in [0, 0.1) is 5.82 Å². The molecule has 0 aliphatic carbocycles. The Morgan fingerprint density at radius 3 is 2.86 bits per heavy atom. The summed E-state index contributed by atoms with van der Waals surface area (Å²) in [5, 5.41) is 2.96. The molecule has 2 aromatic carbocycles. The van der Waals surface area contributed by atoms with E-state index in [0.29, 0.717) is 11.0 Å². The monoisotopic (exact) mass is 351 g/mol. The molecule has 0 heterocycles. The number of benzene rings is 2. The third kappa shape index (κ3) is 4.75. The second-order valence-electron chi connectivity index (χ2n) is 4.34. The predicted octanol–water partition coefficient (Wildman–Crippen LogP) is 3.52. The minimum atomic E-state index is -0.311. The molecule has 0 saturated heterocycles. The van der Waals surface area contributed by atoms with Crippen LogP contribution in [-0.2, 0) is 6.54 Å². The summed E-state index contributed by atoms with van der Waals surface area (Å²) < 4.78 is 19.0. The number of hydrogen-bond donors (Lipinski definition) is 2.